The molecule has 0 aliphatic rings. The molecule has 0 radical (unpaired) electrons. The predicted octanol–water partition coefficient (Wildman–Crippen LogP) is 1.78. The first-order chi connectivity index (χ1) is 9.72. The van der Waals surface area contributed by atoms with Gasteiger partial charge < -0.3 is 20.1 Å². The zero-order valence-corrected chi connectivity index (χ0v) is 12.8. The average Bonchev–Trinajstić information content (AvgIpc) is 2.43. The van der Waals surface area contributed by atoms with E-state index in [1.165, 1.54) is 0 Å². The number of benzene rings is 1. The molecule has 0 unspecified atom stereocenters. The maximum atomic E-state index is 11.2. The van der Waals surface area contributed by atoms with E-state index in [4.69, 9.17) is 9.47 Å². The molecule has 108 valence electrons. The Morgan fingerprint density at radius 1 is 1.35 bits per heavy atom. The van der Waals surface area contributed by atoms with E-state index in [2.05, 4.69) is 38.4 Å². The van der Waals surface area contributed by atoms with Crippen LogP contribution in [0.15, 0.2) is 28.7 Å². The summed E-state index contributed by atoms with van der Waals surface area (Å²) in [5, 5.41) is 5.23. The number of hydrogen-bond donors (Lipinski definition) is 2. The standard InChI is InChI=1S/C14H17BrN2O3/c1-19-10-8-17-14(18)16-7-2-3-9-20-13-6-4-5-12(15)11-13/h4-6,11H,7-10H2,1H3,(H2,16,17,18). The summed E-state index contributed by atoms with van der Waals surface area (Å²) in [6.45, 7) is 1.52. The molecule has 0 aromatic heterocycles. The van der Waals surface area contributed by atoms with Gasteiger partial charge in [0.25, 0.3) is 0 Å². The van der Waals surface area contributed by atoms with Gasteiger partial charge in [-0.1, -0.05) is 33.8 Å². The summed E-state index contributed by atoms with van der Waals surface area (Å²) in [4.78, 5) is 11.2. The minimum absolute atomic E-state index is 0.260. The van der Waals surface area contributed by atoms with Crippen molar-refractivity contribution in [3.05, 3.63) is 28.7 Å². The number of carbonyl (C=O) groups is 1. The van der Waals surface area contributed by atoms with E-state index in [-0.39, 0.29) is 19.2 Å². The Morgan fingerprint density at radius 3 is 2.95 bits per heavy atom. The van der Waals surface area contributed by atoms with Crippen LogP contribution in [0.4, 0.5) is 4.79 Å². The molecule has 0 aliphatic carbocycles. The van der Waals surface area contributed by atoms with Crippen LogP contribution in [-0.4, -0.2) is 39.4 Å². The number of ether oxygens (including phenoxy) is 2. The molecule has 2 amide bonds. The highest BCUT2D eigenvalue weighted by Crippen LogP contribution is 2.17. The van der Waals surface area contributed by atoms with Crippen molar-refractivity contribution in [1.82, 2.24) is 10.6 Å². The lowest BCUT2D eigenvalue weighted by Gasteiger charge is -2.04. The monoisotopic (exact) mass is 340 g/mol. The van der Waals surface area contributed by atoms with Gasteiger partial charge in [-0.05, 0) is 18.2 Å². The molecule has 0 saturated heterocycles. The van der Waals surface area contributed by atoms with Gasteiger partial charge in [0, 0.05) is 18.1 Å². The quantitative estimate of drug-likeness (QED) is 0.613. The molecule has 2 N–H and O–H groups in total. The molecule has 0 spiro atoms. The first-order valence-electron chi connectivity index (χ1n) is 6.07. The van der Waals surface area contributed by atoms with Crippen molar-refractivity contribution in [1.29, 1.82) is 0 Å². The summed E-state index contributed by atoms with van der Waals surface area (Å²) in [5.41, 5.74) is 0. The van der Waals surface area contributed by atoms with Crippen molar-refractivity contribution >= 4 is 22.0 Å². The van der Waals surface area contributed by atoms with E-state index < -0.39 is 0 Å². The lowest BCUT2D eigenvalue weighted by atomic mass is 10.3. The highest BCUT2D eigenvalue weighted by Gasteiger charge is 1.95. The second kappa shape index (κ2) is 10.1. The molecule has 0 fully saturated rings. The normalized spacial score (nSPS) is 9.30. The molecular weight excluding hydrogens is 324 g/mol. The summed E-state index contributed by atoms with van der Waals surface area (Å²) in [6, 6.07) is 7.27. The van der Waals surface area contributed by atoms with Gasteiger partial charge in [0.05, 0.1) is 13.2 Å². The van der Waals surface area contributed by atoms with E-state index in [1.807, 2.05) is 24.3 Å². The molecule has 1 aromatic rings. The third-order valence-corrected chi connectivity index (χ3v) is 2.65. The Kier molecular flexibility index (Phi) is 8.27. The van der Waals surface area contributed by atoms with Crippen LogP contribution in [0.1, 0.15) is 0 Å². The van der Waals surface area contributed by atoms with Gasteiger partial charge in [-0.3, -0.25) is 0 Å². The Hall–Kier alpha value is -1.71. The maximum Gasteiger partial charge on any atom is 0.315 e. The number of hydrogen-bond acceptors (Lipinski definition) is 3. The number of rotatable bonds is 6. The molecule has 0 aliphatic heterocycles. The second-order valence-corrected chi connectivity index (χ2v) is 4.62. The number of carbonyl (C=O) groups excluding carboxylic acids is 1. The van der Waals surface area contributed by atoms with Crippen LogP contribution in [0.5, 0.6) is 5.75 Å². The Bertz CT molecular complexity index is 483. The van der Waals surface area contributed by atoms with Crippen molar-refractivity contribution < 1.29 is 14.3 Å². The minimum Gasteiger partial charge on any atom is -0.481 e. The van der Waals surface area contributed by atoms with Gasteiger partial charge in [-0.2, -0.15) is 0 Å². The number of methoxy groups -OCH3 is 1. The summed E-state index contributed by atoms with van der Waals surface area (Å²) < 4.78 is 11.2. The highest BCUT2D eigenvalue weighted by molar-refractivity contribution is 9.10. The minimum atomic E-state index is -0.260. The van der Waals surface area contributed by atoms with E-state index >= 15 is 0 Å². The number of halogens is 1. The van der Waals surface area contributed by atoms with Gasteiger partial charge in [-0.15, -0.1) is 0 Å². The Morgan fingerprint density at radius 2 is 2.20 bits per heavy atom. The fourth-order valence-corrected chi connectivity index (χ4v) is 1.62. The van der Waals surface area contributed by atoms with Crippen molar-refractivity contribution in [3.63, 3.8) is 0 Å². The Balaban J connectivity index is 2.13. The molecule has 20 heavy (non-hydrogen) atoms. The van der Waals surface area contributed by atoms with Crippen LogP contribution < -0.4 is 15.4 Å². The predicted molar refractivity (Wildman–Crippen MR) is 80.7 cm³/mol. The molecule has 0 heterocycles. The van der Waals surface area contributed by atoms with Gasteiger partial charge in [-0.25, -0.2) is 4.79 Å². The summed E-state index contributed by atoms with van der Waals surface area (Å²) in [6.07, 6.45) is 0. The van der Waals surface area contributed by atoms with Crippen molar-refractivity contribution in [3.8, 4) is 17.6 Å². The zero-order valence-electron chi connectivity index (χ0n) is 11.2. The van der Waals surface area contributed by atoms with E-state index in [9.17, 15) is 4.79 Å². The Labute approximate surface area is 127 Å². The van der Waals surface area contributed by atoms with Gasteiger partial charge in [0.2, 0.25) is 0 Å². The molecule has 0 atom stereocenters. The zero-order chi connectivity index (χ0) is 14.6. The molecule has 5 nitrogen and oxygen atoms in total. The molecule has 0 bridgehead atoms. The molecule has 1 aromatic carbocycles. The largest absolute Gasteiger partial charge is 0.481 e. The van der Waals surface area contributed by atoms with Crippen LogP contribution in [0.2, 0.25) is 0 Å². The van der Waals surface area contributed by atoms with E-state index in [0.29, 0.717) is 13.2 Å². The lowest BCUT2D eigenvalue weighted by molar-refractivity contribution is 0.196. The molecule has 6 heteroatoms. The first-order valence-corrected chi connectivity index (χ1v) is 6.86. The number of amides is 2. The van der Waals surface area contributed by atoms with Gasteiger partial charge >= 0.3 is 6.03 Å². The number of nitrogens with one attached hydrogen (secondary N) is 2. The lowest BCUT2D eigenvalue weighted by Crippen LogP contribution is -2.37. The van der Waals surface area contributed by atoms with Crippen molar-refractivity contribution in [2.24, 2.45) is 0 Å². The SMILES string of the molecule is COCCNC(=O)NCC#CCOc1cccc(Br)c1. The molecule has 1 rings (SSSR count). The summed E-state index contributed by atoms with van der Waals surface area (Å²) in [5.74, 6) is 6.37. The highest BCUT2D eigenvalue weighted by atomic mass is 79.9. The maximum absolute atomic E-state index is 11.2. The average molecular weight is 341 g/mol. The van der Waals surface area contributed by atoms with Crippen LogP contribution >= 0.6 is 15.9 Å². The fraction of sp³-hybridized carbons (Fsp3) is 0.357. The van der Waals surface area contributed by atoms with Crippen molar-refractivity contribution in [2.45, 2.75) is 0 Å². The van der Waals surface area contributed by atoms with Crippen LogP contribution in [0.25, 0.3) is 0 Å². The third kappa shape index (κ3) is 7.67. The van der Waals surface area contributed by atoms with Crippen LogP contribution in [0.3, 0.4) is 0 Å². The molecular formula is C14H17BrN2O3. The fourth-order valence-electron chi connectivity index (χ4n) is 1.24. The van der Waals surface area contributed by atoms with Crippen molar-refractivity contribution in [2.75, 3.05) is 33.4 Å². The van der Waals surface area contributed by atoms with Crippen LogP contribution in [0, 0.1) is 11.8 Å². The van der Waals surface area contributed by atoms with E-state index in [0.717, 1.165) is 10.2 Å². The van der Waals surface area contributed by atoms with Gasteiger partial charge in [0.15, 0.2) is 0 Å². The third-order valence-electron chi connectivity index (χ3n) is 2.16. The smallest absolute Gasteiger partial charge is 0.315 e. The van der Waals surface area contributed by atoms with Gasteiger partial charge in [0.1, 0.15) is 12.4 Å². The van der Waals surface area contributed by atoms with Crippen LogP contribution in [-0.2, 0) is 4.74 Å². The summed E-state index contributed by atoms with van der Waals surface area (Å²) in [7, 11) is 1.58. The topological polar surface area (TPSA) is 59.6 Å². The summed E-state index contributed by atoms with van der Waals surface area (Å²) >= 11 is 3.36. The molecule has 0 saturated carbocycles. The first kappa shape index (κ1) is 16.3. The second-order valence-electron chi connectivity index (χ2n) is 3.70. The number of urea groups is 1. The van der Waals surface area contributed by atoms with E-state index in [1.54, 1.807) is 7.11 Å².